The molecule has 1 aliphatic carbocycles. The Morgan fingerprint density at radius 3 is 1.88 bits per heavy atom. The molecule has 2 aromatic rings. The van der Waals surface area contributed by atoms with Gasteiger partial charge in [0.25, 0.3) is 0 Å². The summed E-state index contributed by atoms with van der Waals surface area (Å²) in [5.74, 6) is 0. The summed E-state index contributed by atoms with van der Waals surface area (Å²) in [6, 6.07) is 15.1. The second-order valence-corrected chi connectivity index (χ2v) is 8.33. The maximum atomic E-state index is 3.53. The van der Waals surface area contributed by atoms with Crippen molar-refractivity contribution < 1.29 is 25.8 Å². The van der Waals surface area contributed by atoms with Crippen LogP contribution in [0.4, 0.5) is 0 Å². The van der Waals surface area contributed by atoms with Crippen molar-refractivity contribution in [2.45, 2.75) is 58.8 Å². The first-order chi connectivity index (χ1) is 9.66. The Bertz CT molecular complexity index is 645. The third kappa shape index (κ3) is 4.54. The average Bonchev–Trinajstić information content (AvgIpc) is 2.73. The number of benzene rings is 2. The molecule has 0 unspecified atom stereocenters. The zero-order valence-corrected chi connectivity index (χ0v) is 20.6. The van der Waals surface area contributed by atoms with Gasteiger partial charge in [-0.3, -0.25) is 0 Å². The Labute approximate surface area is 178 Å². The summed E-state index contributed by atoms with van der Waals surface area (Å²) in [6.07, 6.45) is 1.03. The second kappa shape index (κ2) is 8.06. The Morgan fingerprint density at radius 2 is 1.33 bits per heavy atom. The molecule has 1 aliphatic rings. The SMILES string of the molecule is CC(C)(C)c1c[c-]c2c(c1)-c1cc(C(C)(C)C)ccc1C2.Cl.Cl.[Hf]. The fourth-order valence-corrected chi connectivity index (χ4v) is 2.98. The molecule has 0 N–H and O–H groups in total. The van der Waals surface area contributed by atoms with E-state index in [4.69, 9.17) is 0 Å². The van der Waals surface area contributed by atoms with E-state index in [0.29, 0.717) is 0 Å². The zero-order valence-electron chi connectivity index (χ0n) is 15.4. The molecule has 0 saturated heterocycles. The van der Waals surface area contributed by atoms with Crippen LogP contribution in [0.3, 0.4) is 0 Å². The molecule has 0 aromatic heterocycles. The summed E-state index contributed by atoms with van der Waals surface area (Å²) in [7, 11) is 0. The van der Waals surface area contributed by atoms with Crippen molar-refractivity contribution in [1.82, 2.24) is 0 Å². The fraction of sp³-hybridized carbons (Fsp3) is 0.429. The number of halogens is 2. The van der Waals surface area contributed by atoms with E-state index >= 15 is 0 Å². The maximum Gasteiger partial charge on any atom is 0 e. The van der Waals surface area contributed by atoms with E-state index in [1.807, 2.05) is 0 Å². The summed E-state index contributed by atoms with van der Waals surface area (Å²) < 4.78 is 0. The molecule has 0 heterocycles. The molecule has 0 saturated carbocycles. The number of hydrogen-bond donors (Lipinski definition) is 0. The summed E-state index contributed by atoms with van der Waals surface area (Å²) in [5, 5.41) is 0. The van der Waals surface area contributed by atoms with Crippen LogP contribution in [0.5, 0.6) is 0 Å². The van der Waals surface area contributed by atoms with Crippen LogP contribution in [0.1, 0.15) is 63.8 Å². The van der Waals surface area contributed by atoms with Gasteiger partial charge in [-0.25, -0.2) is 0 Å². The van der Waals surface area contributed by atoms with Crippen LogP contribution in [-0.4, -0.2) is 0 Å². The van der Waals surface area contributed by atoms with E-state index in [9.17, 15) is 0 Å². The molecule has 3 rings (SSSR count). The minimum Gasteiger partial charge on any atom is -0.179 e. The quantitative estimate of drug-likeness (QED) is 0.231. The van der Waals surface area contributed by atoms with Gasteiger partial charge in [0, 0.05) is 25.8 Å². The summed E-state index contributed by atoms with van der Waals surface area (Å²) >= 11 is 0. The standard InChI is InChI=1S/C21H25.2ClH.Hf/c1-20(2,3)16-9-7-14-11-15-8-10-17(21(4,5)6)13-19(15)18(14)12-16;;;/h7,9-10,12-13H,11H2,1-6H3;2*1H;/q-1;;;. The molecule has 0 atom stereocenters. The first-order valence-electron chi connectivity index (χ1n) is 7.85. The Kier molecular flexibility index (Phi) is 8.02. The van der Waals surface area contributed by atoms with Crippen molar-refractivity contribution in [3.63, 3.8) is 0 Å². The van der Waals surface area contributed by atoms with Crippen LogP contribution >= 0.6 is 24.8 Å². The van der Waals surface area contributed by atoms with E-state index in [1.54, 1.807) is 0 Å². The van der Waals surface area contributed by atoms with Crippen molar-refractivity contribution in [2.24, 2.45) is 0 Å². The van der Waals surface area contributed by atoms with Gasteiger partial charge in [0.1, 0.15) is 0 Å². The van der Waals surface area contributed by atoms with E-state index < -0.39 is 0 Å². The molecule has 130 valence electrons. The number of rotatable bonds is 0. The van der Waals surface area contributed by atoms with Gasteiger partial charge in [0.2, 0.25) is 0 Å². The van der Waals surface area contributed by atoms with Crippen LogP contribution in [0.2, 0.25) is 0 Å². The monoisotopic (exact) mass is 529 g/mol. The van der Waals surface area contributed by atoms with Crippen LogP contribution in [0.25, 0.3) is 11.1 Å². The molecule has 0 aliphatic heterocycles. The predicted molar refractivity (Wildman–Crippen MR) is 105 cm³/mol. The van der Waals surface area contributed by atoms with Gasteiger partial charge in [-0.1, -0.05) is 76.3 Å². The Hall–Kier alpha value is -0.110. The predicted octanol–water partition coefficient (Wildman–Crippen LogP) is 6.49. The molecule has 0 amide bonds. The summed E-state index contributed by atoms with van der Waals surface area (Å²) in [4.78, 5) is 0. The first-order valence-corrected chi connectivity index (χ1v) is 7.85. The Morgan fingerprint density at radius 1 is 0.792 bits per heavy atom. The first kappa shape index (κ1) is 23.9. The molecule has 0 spiro atoms. The average molecular weight is 529 g/mol. The third-order valence-corrected chi connectivity index (χ3v) is 4.53. The minimum atomic E-state index is 0. The van der Waals surface area contributed by atoms with Crippen LogP contribution in [-0.2, 0) is 43.1 Å². The topological polar surface area (TPSA) is 0 Å². The van der Waals surface area contributed by atoms with E-state index in [-0.39, 0.29) is 61.5 Å². The van der Waals surface area contributed by atoms with Gasteiger partial charge in [-0.2, -0.15) is 29.3 Å². The fourth-order valence-electron chi connectivity index (χ4n) is 2.98. The van der Waals surface area contributed by atoms with Gasteiger partial charge in [0.05, 0.1) is 0 Å². The molecule has 24 heavy (non-hydrogen) atoms. The van der Waals surface area contributed by atoms with Gasteiger partial charge in [0.15, 0.2) is 0 Å². The third-order valence-electron chi connectivity index (χ3n) is 4.53. The molecule has 0 fully saturated rings. The van der Waals surface area contributed by atoms with E-state index in [0.717, 1.165) is 6.42 Å². The van der Waals surface area contributed by atoms with Crippen LogP contribution in [0.15, 0.2) is 30.3 Å². The van der Waals surface area contributed by atoms with Gasteiger partial charge >= 0.3 is 0 Å². The van der Waals surface area contributed by atoms with Gasteiger partial charge in [-0.15, -0.1) is 30.4 Å². The van der Waals surface area contributed by atoms with E-state index in [2.05, 4.69) is 77.9 Å². The van der Waals surface area contributed by atoms with Crippen molar-refractivity contribution in [1.29, 1.82) is 0 Å². The summed E-state index contributed by atoms with van der Waals surface area (Å²) in [5.41, 5.74) is 8.76. The molecule has 2 aromatic carbocycles. The maximum absolute atomic E-state index is 3.53. The largest absolute Gasteiger partial charge is 0.179 e. The van der Waals surface area contributed by atoms with Gasteiger partial charge in [-0.05, 0) is 17.4 Å². The van der Waals surface area contributed by atoms with Gasteiger partial charge < -0.3 is 0 Å². The van der Waals surface area contributed by atoms with Crippen molar-refractivity contribution >= 4 is 24.8 Å². The smallest absolute Gasteiger partial charge is 0 e. The molecule has 0 bridgehead atoms. The molecule has 3 heteroatoms. The number of hydrogen-bond acceptors (Lipinski definition) is 0. The zero-order chi connectivity index (χ0) is 15.4. The van der Waals surface area contributed by atoms with Crippen LogP contribution in [0, 0.1) is 6.07 Å². The molecule has 0 nitrogen and oxygen atoms in total. The molecular formula is C21H27Cl2Hf-. The van der Waals surface area contributed by atoms with Crippen molar-refractivity contribution in [2.75, 3.05) is 0 Å². The molecular weight excluding hydrogens is 502 g/mol. The minimum absolute atomic E-state index is 0. The van der Waals surface area contributed by atoms with Crippen molar-refractivity contribution in [3.8, 4) is 11.1 Å². The summed E-state index contributed by atoms with van der Waals surface area (Å²) in [6.45, 7) is 13.6. The second-order valence-electron chi connectivity index (χ2n) is 8.33. The normalized spacial score (nSPS) is 12.2. The molecule has 0 radical (unpaired) electrons. The van der Waals surface area contributed by atoms with Crippen LogP contribution < -0.4 is 0 Å². The van der Waals surface area contributed by atoms with E-state index in [1.165, 1.54) is 33.4 Å². The Balaban J connectivity index is 0.00000176. The number of fused-ring (bicyclic) bond motifs is 3. The van der Waals surface area contributed by atoms with Crippen molar-refractivity contribution in [3.05, 3.63) is 58.7 Å².